The van der Waals surface area contributed by atoms with Crippen LogP contribution in [0.4, 0.5) is 0 Å². The predicted octanol–water partition coefficient (Wildman–Crippen LogP) is 3.80. The Bertz CT molecular complexity index is 1050. The molecule has 0 saturated heterocycles. The normalized spacial score (nSPS) is 13.5. The minimum Gasteiger partial charge on any atom is -0.282 e. The molecule has 0 amide bonds. The van der Waals surface area contributed by atoms with Crippen molar-refractivity contribution in [1.82, 2.24) is 30.4 Å². The molecule has 0 bridgehead atoms. The molecule has 5 rings (SSSR count). The van der Waals surface area contributed by atoms with Crippen molar-refractivity contribution in [2.75, 3.05) is 0 Å². The number of nitrogens with one attached hydrogen (secondary N) is 2. The third-order valence-electron chi connectivity index (χ3n) is 4.86. The van der Waals surface area contributed by atoms with Crippen molar-refractivity contribution < 1.29 is 0 Å². The lowest BCUT2D eigenvalue weighted by molar-refractivity contribution is 0.675. The molecule has 0 atom stereocenters. The van der Waals surface area contributed by atoms with Crippen molar-refractivity contribution >= 4 is 0 Å². The van der Waals surface area contributed by atoms with Crippen LogP contribution in [0.25, 0.3) is 34.0 Å². The van der Waals surface area contributed by atoms with E-state index in [1.54, 1.807) is 12.4 Å². The molecular weight excluding hydrogens is 324 g/mol. The second kappa shape index (κ2) is 6.22. The van der Waals surface area contributed by atoms with E-state index in [9.17, 15) is 0 Å². The van der Waals surface area contributed by atoms with Crippen LogP contribution in [0.2, 0.25) is 0 Å². The molecule has 1 aliphatic rings. The molecule has 0 saturated carbocycles. The van der Waals surface area contributed by atoms with Gasteiger partial charge in [0, 0.05) is 16.8 Å². The summed E-state index contributed by atoms with van der Waals surface area (Å²) in [5, 5.41) is 15.2. The molecule has 1 aromatic carbocycles. The molecule has 3 aromatic heterocycles. The molecule has 0 aliphatic heterocycles. The van der Waals surface area contributed by atoms with Crippen LogP contribution in [0.3, 0.4) is 0 Å². The second-order valence-electron chi connectivity index (χ2n) is 6.56. The van der Waals surface area contributed by atoms with Gasteiger partial charge in [-0.1, -0.05) is 30.3 Å². The molecule has 128 valence electrons. The summed E-state index contributed by atoms with van der Waals surface area (Å²) in [4.78, 5) is 9.17. The van der Waals surface area contributed by atoms with Crippen LogP contribution in [-0.4, -0.2) is 30.4 Å². The SMILES string of the molecule is c1ccc(-c2cc(-c3cncc(-c4n[nH]c5c4CCCC5)n3)[nH]n2)cc1. The van der Waals surface area contributed by atoms with Gasteiger partial charge in [0.2, 0.25) is 0 Å². The number of fused-ring (bicyclic) bond motifs is 1. The van der Waals surface area contributed by atoms with Gasteiger partial charge < -0.3 is 0 Å². The van der Waals surface area contributed by atoms with Crippen LogP contribution >= 0.6 is 0 Å². The van der Waals surface area contributed by atoms with E-state index in [0.717, 1.165) is 46.9 Å². The lowest BCUT2D eigenvalue weighted by Crippen LogP contribution is -2.02. The Morgan fingerprint density at radius 3 is 2.58 bits per heavy atom. The van der Waals surface area contributed by atoms with Crippen molar-refractivity contribution in [3.8, 4) is 34.0 Å². The smallest absolute Gasteiger partial charge is 0.116 e. The van der Waals surface area contributed by atoms with Crippen molar-refractivity contribution in [3.05, 3.63) is 60.0 Å². The highest BCUT2D eigenvalue weighted by atomic mass is 15.1. The number of aryl methyl sites for hydroxylation is 1. The first kappa shape index (κ1) is 15.0. The summed E-state index contributed by atoms with van der Waals surface area (Å²) >= 11 is 0. The van der Waals surface area contributed by atoms with Gasteiger partial charge in [0.1, 0.15) is 17.1 Å². The van der Waals surface area contributed by atoms with E-state index in [1.165, 1.54) is 24.1 Å². The minimum atomic E-state index is 0.768. The Hall–Kier alpha value is -3.28. The van der Waals surface area contributed by atoms with E-state index in [2.05, 4.69) is 25.4 Å². The van der Waals surface area contributed by atoms with Crippen molar-refractivity contribution in [2.45, 2.75) is 25.7 Å². The highest BCUT2D eigenvalue weighted by Crippen LogP contribution is 2.29. The summed E-state index contributed by atoms with van der Waals surface area (Å²) in [5.74, 6) is 0. The van der Waals surface area contributed by atoms with E-state index in [1.807, 2.05) is 36.4 Å². The predicted molar refractivity (Wildman–Crippen MR) is 99.3 cm³/mol. The zero-order chi connectivity index (χ0) is 17.3. The van der Waals surface area contributed by atoms with Gasteiger partial charge in [-0.3, -0.25) is 15.2 Å². The Kier molecular flexibility index (Phi) is 3.59. The lowest BCUT2D eigenvalue weighted by atomic mass is 9.95. The Morgan fingerprint density at radius 1 is 0.808 bits per heavy atom. The van der Waals surface area contributed by atoms with Crippen molar-refractivity contribution in [2.24, 2.45) is 0 Å². The summed E-state index contributed by atoms with van der Waals surface area (Å²) in [6.07, 6.45) is 8.07. The van der Waals surface area contributed by atoms with Gasteiger partial charge in [-0.2, -0.15) is 10.2 Å². The van der Waals surface area contributed by atoms with E-state index >= 15 is 0 Å². The molecule has 0 radical (unpaired) electrons. The minimum absolute atomic E-state index is 0.768. The summed E-state index contributed by atoms with van der Waals surface area (Å²) < 4.78 is 0. The first-order chi connectivity index (χ1) is 12.9. The first-order valence-electron chi connectivity index (χ1n) is 8.88. The fraction of sp³-hybridized carbons (Fsp3) is 0.200. The number of hydrogen-bond acceptors (Lipinski definition) is 4. The van der Waals surface area contributed by atoms with Gasteiger partial charge in [-0.25, -0.2) is 4.98 Å². The van der Waals surface area contributed by atoms with Crippen LogP contribution in [0.1, 0.15) is 24.1 Å². The fourth-order valence-electron chi connectivity index (χ4n) is 3.51. The largest absolute Gasteiger partial charge is 0.282 e. The Morgan fingerprint density at radius 2 is 1.65 bits per heavy atom. The molecule has 2 N–H and O–H groups in total. The molecule has 4 aromatic rings. The van der Waals surface area contributed by atoms with E-state index in [4.69, 9.17) is 4.98 Å². The number of hydrogen-bond donors (Lipinski definition) is 2. The molecular formula is C20H18N6. The monoisotopic (exact) mass is 342 g/mol. The standard InChI is InChI=1S/C20H18N6/c1-2-6-13(7-3-1)16-10-17(25-24-16)18-11-21-12-19(22-18)20-14-8-4-5-9-15(14)23-26-20/h1-3,6-7,10-12H,4-5,8-9H2,(H,23,26)(H,24,25). The fourth-order valence-corrected chi connectivity index (χ4v) is 3.51. The van der Waals surface area contributed by atoms with Crippen molar-refractivity contribution in [1.29, 1.82) is 0 Å². The maximum atomic E-state index is 4.78. The molecule has 0 spiro atoms. The first-order valence-corrected chi connectivity index (χ1v) is 8.88. The quantitative estimate of drug-likeness (QED) is 0.593. The highest BCUT2D eigenvalue weighted by molar-refractivity contribution is 5.68. The van der Waals surface area contributed by atoms with Crippen LogP contribution < -0.4 is 0 Å². The molecule has 26 heavy (non-hydrogen) atoms. The number of benzene rings is 1. The van der Waals surface area contributed by atoms with E-state index in [0.29, 0.717) is 0 Å². The van der Waals surface area contributed by atoms with Crippen LogP contribution in [0, 0.1) is 0 Å². The molecule has 1 aliphatic carbocycles. The van der Waals surface area contributed by atoms with Gasteiger partial charge >= 0.3 is 0 Å². The molecule has 6 nitrogen and oxygen atoms in total. The lowest BCUT2D eigenvalue weighted by Gasteiger charge is -2.10. The topological polar surface area (TPSA) is 83.1 Å². The summed E-state index contributed by atoms with van der Waals surface area (Å²) in [6.45, 7) is 0. The molecule has 0 unspecified atom stereocenters. The van der Waals surface area contributed by atoms with Gasteiger partial charge in [0.05, 0.1) is 23.8 Å². The van der Waals surface area contributed by atoms with Gasteiger partial charge in [-0.05, 0) is 31.7 Å². The number of rotatable bonds is 3. The van der Waals surface area contributed by atoms with Gasteiger partial charge in [-0.15, -0.1) is 0 Å². The Balaban J connectivity index is 1.51. The van der Waals surface area contributed by atoms with E-state index in [-0.39, 0.29) is 0 Å². The van der Waals surface area contributed by atoms with Crippen LogP contribution in [0.15, 0.2) is 48.8 Å². The van der Waals surface area contributed by atoms with Crippen LogP contribution in [-0.2, 0) is 12.8 Å². The summed E-state index contributed by atoms with van der Waals surface area (Å²) in [5.41, 5.74) is 7.84. The average Bonchev–Trinajstić information content (AvgIpc) is 3.36. The highest BCUT2D eigenvalue weighted by Gasteiger charge is 2.19. The maximum Gasteiger partial charge on any atom is 0.116 e. The van der Waals surface area contributed by atoms with Gasteiger partial charge in [0.25, 0.3) is 0 Å². The number of H-pyrrole nitrogens is 2. The Labute approximate surface area is 150 Å². The molecule has 6 heteroatoms. The van der Waals surface area contributed by atoms with Gasteiger partial charge in [0.15, 0.2) is 0 Å². The average molecular weight is 342 g/mol. The summed E-state index contributed by atoms with van der Waals surface area (Å²) in [6, 6.07) is 12.1. The number of nitrogens with zero attached hydrogens (tertiary/aromatic N) is 4. The third-order valence-corrected chi connectivity index (χ3v) is 4.86. The molecule has 0 fully saturated rings. The number of aromatic nitrogens is 6. The number of aromatic amines is 2. The maximum absolute atomic E-state index is 4.78. The van der Waals surface area contributed by atoms with Crippen molar-refractivity contribution in [3.63, 3.8) is 0 Å². The zero-order valence-corrected chi connectivity index (χ0v) is 14.2. The summed E-state index contributed by atoms with van der Waals surface area (Å²) in [7, 11) is 0. The van der Waals surface area contributed by atoms with E-state index < -0.39 is 0 Å². The third kappa shape index (κ3) is 2.60. The van der Waals surface area contributed by atoms with Crippen LogP contribution in [0.5, 0.6) is 0 Å². The molecule has 3 heterocycles. The zero-order valence-electron chi connectivity index (χ0n) is 14.2. The second-order valence-corrected chi connectivity index (χ2v) is 6.56.